The molecule has 0 aliphatic carbocycles. The molecule has 1 aromatic rings. The molecule has 1 aliphatic heterocycles. The summed E-state index contributed by atoms with van der Waals surface area (Å²) in [7, 11) is 0. The number of halogens is 1. The van der Waals surface area contributed by atoms with Gasteiger partial charge < -0.3 is 15.0 Å². The van der Waals surface area contributed by atoms with Crippen LogP contribution in [0.5, 0.6) is 5.75 Å². The minimum Gasteiger partial charge on any atom is -0.484 e. The Morgan fingerprint density at radius 1 is 1.45 bits per heavy atom. The van der Waals surface area contributed by atoms with E-state index in [2.05, 4.69) is 12.2 Å². The summed E-state index contributed by atoms with van der Waals surface area (Å²) in [6.07, 6.45) is 0.745. The molecule has 0 aromatic heterocycles. The van der Waals surface area contributed by atoms with E-state index in [0.717, 1.165) is 6.42 Å². The van der Waals surface area contributed by atoms with Crippen molar-refractivity contribution < 1.29 is 18.7 Å². The van der Waals surface area contributed by atoms with Gasteiger partial charge in [-0.15, -0.1) is 0 Å². The van der Waals surface area contributed by atoms with Gasteiger partial charge in [0.15, 0.2) is 6.61 Å². The first kappa shape index (κ1) is 16.3. The molecule has 0 radical (unpaired) electrons. The molecule has 6 heteroatoms. The maximum Gasteiger partial charge on any atom is 0.258 e. The van der Waals surface area contributed by atoms with Gasteiger partial charge in [0.25, 0.3) is 5.91 Å². The molecule has 1 aliphatic rings. The van der Waals surface area contributed by atoms with Gasteiger partial charge in [-0.25, -0.2) is 4.39 Å². The molecular weight excluding hydrogens is 287 g/mol. The SMILES string of the molecule is CCc1ccc(OCC(=O)NC2CCN(C=O)CC2F)cc1. The quantitative estimate of drug-likeness (QED) is 0.806. The van der Waals surface area contributed by atoms with E-state index in [1.54, 1.807) is 0 Å². The van der Waals surface area contributed by atoms with Crippen molar-refractivity contribution in [2.75, 3.05) is 19.7 Å². The first-order valence-corrected chi connectivity index (χ1v) is 7.47. The van der Waals surface area contributed by atoms with E-state index in [9.17, 15) is 14.0 Å². The minimum absolute atomic E-state index is 0.0216. The Hall–Kier alpha value is -2.11. The molecule has 1 aromatic carbocycles. The van der Waals surface area contributed by atoms with Gasteiger partial charge in [0.05, 0.1) is 12.6 Å². The molecule has 2 rings (SSSR count). The third-order valence-electron chi connectivity index (χ3n) is 3.77. The van der Waals surface area contributed by atoms with E-state index >= 15 is 0 Å². The zero-order valence-electron chi connectivity index (χ0n) is 12.6. The maximum absolute atomic E-state index is 13.8. The Bertz CT molecular complexity index is 507. The Morgan fingerprint density at radius 3 is 2.77 bits per heavy atom. The first-order valence-electron chi connectivity index (χ1n) is 7.47. The molecule has 2 amide bonds. The molecule has 5 nitrogen and oxygen atoms in total. The second kappa shape index (κ2) is 7.77. The number of amides is 2. The fourth-order valence-corrected chi connectivity index (χ4v) is 2.41. The lowest BCUT2D eigenvalue weighted by molar-refractivity contribution is -0.125. The molecule has 2 unspecified atom stereocenters. The topological polar surface area (TPSA) is 58.6 Å². The predicted molar refractivity (Wildman–Crippen MR) is 80.4 cm³/mol. The highest BCUT2D eigenvalue weighted by molar-refractivity contribution is 5.78. The van der Waals surface area contributed by atoms with Crippen LogP contribution in [0.1, 0.15) is 18.9 Å². The van der Waals surface area contributed by atoms with Crippen LogP contribution in [-0.2, 0) is 16.0 Å². The number of nitrogens with zero attached hydrogens (tertiary/aromatic N) is 1. The van der Waals surface area contributed by atoms with Crippen molar-refractivity contribution in [1.29, 1.82) is 0 Å². The van der Waals surface area contributed by atoms with Gasteiger partial charge in [0.2, 0.25) is 6.41 Å². The summed E-state index contributed by atoms with van der Waals surface area (Å²) in [6.45, 7) is 2.39. The summed E-state index contributed by atoms with van der Waals surface area (Å²) in [5, 5.41) is 2.62. The van der Waals surface area contributed by atoms with Crippen molar-refractivity contribution >= 4 is 12.3 Å². The van der Waals surface area contributed by atoms with Crippen molar-refractivity contribution in [2.24, 2.45) is 0 Å². The Morgan fingerprint density at radius 2 is 2.18 bits per heavy atom. The highest BCUT2D eigenvalue weighted by Gasteiger charge is 2.29. The molecule has 22 heavy (non-hydrogen) atoms. The fraction of sp³-hybridized carbons (Fsp3) is 0.500. The lowest BCUT2D eigenvalue weighted by Crippen LogP contribution is -2.52. The van der Waals surface area contributed by atoms with E-state index in [4.69, 9.17) is 4.74 Å². The number of hydrogen-bond acceptors (Lipinski definition) is 3. The van der Waals surface area contributed by atoms with E-state index in [0.29, 0.717) is 25.1 Å². The van der Waals surface area contributed by atoms with Crippen molar-refractivity contribution in [1.82, 2.24) is 10.2 Å². The van der Waals surface area contributed by atoms with Gasteiger partial charge in [-0.05, 0) is 30.5 Å². The number of rotatable bonds is 6. The average Bonchev–Trinajstić information content (AvgIpc) is 2.55. The molecule has 1 N–H and O–H groups in total. The van der Waals surface area contributed by atoms with E-state index in [1.807, 2.05) is 24.3 Å². The highest BCUT2D eigenvalue weighted by Crippen LogP contribution is 2.14. The van der Waals surface area contributed by atoms with Crippen molar-refractivity contribution in [3.63, 3.8) is 0 Å². The summed E-state index contributed by atoms with van der Waals surface area (Å²) in [6, 6.07) is 6.95. The van der Waals surface area contributed by atoms with E-state index < -0.39 is 12.2 Å². The standard InChI is InChI=1S/C16H21FN2O3/c1-2-12-3-5-13(6-4-12)22-10-16(21)18-15-7-8-19(11-20)9-14(15)17/h3-6,11,14-15H,2,7-10H2,1H3,(H,18,21). The Balaban J connectivity index is 1.76. The van der Waals surface area contributed by atoms with Crippen LogP contribution in [0.4, 0.5) is 4.39 Å². The lowest BCUT2D eigenvalue weighted by atomic mass is 10.0. The van der Waals surface area contributed by atoms with E-state index in [-0.39, 0.29) is 19.1 Å². The highest BCUT2D eigenvalue weighted by atomic mass is 19.1. The van der Waals surface area contributed by atoms with Gasteiger partial charge in [-0.3, -0.25) is 9.59 Å². The van der Waals surface area contributed by atoms with Crippen molar-refractivity contribution in [3.8, 4) is 5.75 Å². The van der Waals surface area contributed by atoms with Crippen LogP contribution in [0.2, 0.25) is 0 Å². The van der Waals surface area contributed by atoms with Crippen LogP contribution >= 0.6 is 0 Å². The lowest BCUT2D eigenvalue weighted by Gasteiger charge is -2.32. The third kappa shape index (κ3) is 4.44. The number of carbonyl (C=O) groups is 2. The molecule has 1 heterocycles. The molecule has 1 fully saturated rings. The van der Waals surface area contributed by atoms with Crippen LogP contribution in [0, 0.1) is 0 Å². The molecular formula is C16H21FN2O3. The van der Waals surface area contributed by atoms with Gasteiger partial charge in [0.1, 0.15) is 11.9 Å². The van der Waals surface area contributed by atoms with E-state index in [1.165, 1.54) is 10.5 Å². The number of carbonyl (C=O) groups excluding carboxylic acids is 2. The van der Waals surface area contributed by atoms with Crippen molar-refractivity contribution in [2.45, 2.75) is 32.0 Å². The van der Waals surface area contributed by atoms with Crippen LogP contribution in [0.3, 0.4) is 0 Å². The largest absolute Gasteiger partial charge is 0.484 e. The van der Waals surface area contributed by atoms with Crippen molar-refractivity contribution in [3.05, 3.63) is 29.8 Å². The van der Waals surface area contributed by atoms with Gasteiger partial charge in [-0.1, -0.05) is 19.1 Å². The average molecular weight is 308 g/mol. The van der Waals surface area contributed by atoms with Gasteiger partial charge in [0, 0.05) is 6.54 Å². The van der Waals surface area contributed by atoms with Gasteiger partial charge in [-0.2, -0.15) is 0 Å². The number of piperidine rings is 1. The number of nitrogens with one attached hydrogen (secondary N) is 1. The molecule has 1 saturated heterocycles. The fourth-order valence-electron chi connectivity index (χ4n) is 2.41. The summed E-state index contributed by atoms with van der Waals surface area (Å²) in [5.41, 5.74) is 1.19. The third-order valence-corrected chi connectivity index (χ3v) is 3.77. The number of benzene rings is 1. The van der Waals surface area contributed by atoms with Crippen LogP contribution < -0.4 is 10.1 Å². The second-order valence-corrected chi connectivity index (χ2v) is 5.37. The summed E-state index contributed by atoms with van der Waals surface area (Å²) >= 11 is 0. The number of likely N-dealkylation sites (tertiary alicyclic amines) is 1. The van der Waals surface area contributed by atoms with Crippen LogP contribution in [-0.4, -0.2) is 49.1 Å². The summed E-state index contributed by atoms with van der Waals surface area (Å²) in [5.74, 6) is 0.256. The van der Waals surface area contributed by atoms with Crippen LogP contribution in [0.25, 0.3) is 0 Å². The van der Waals surface area contributed by atoms with Crippen LogP contribution in [0.15, 0.2) is 24.3 Å². The smallest absolute Gasteiger partial charge is 0.258 e. The normalized spacial score (nSPS) is 21.3. The number of hydrogen-bond donors (Lipinski definition) is 1. The Labute approximate surface area is 129 Å². The molecule has 0 saturated carbocycles. The molecule has 120 valence electrons. The summed E-state index contributed by atoms with van der Waals surface area (Å²) in [4.78, 5) is 23.8. The first-order chi connectivity index (χ1) is 10.6. The monoisotopic (exact) mass is 308 g/mol. The Kier molecular flexibility index (Phi) is 5.75. The predicted octanol–water partition coefficient (Wildman–Crippen LogP) is 1.31. The second-order valence-electron chi connectivity index (χ2n) is 5.37. The maximum atomic E-state index is 13.8. The summed E-state index contributed by atoms with van der Waals surface area (Å²) < 4.78 is 19.2. The zero-order chi connectivity index (χ0) is 15.9. The number of ether oxygens (including phenoxy) is 1. The molecule has 0 bridgehead atoms. The zero-order valence-corrected chi connectivity index (χ0v) is 12.6. The molecule has 2 atom stereocenters. The molecule has 0 spiro atoms. The number of aryl methyl sites for hydroxylation is 1. The van der Waals surface area contributed by atoms with Gasteiger partial charge >= 0.3 is 0 Å². The number of alkyl halides is 1. The minimum atomic E-state index is -1.24.